The van der Waals surface area contributed by atoms with Crippen LogP contribution in [0.2, 0.25) is 5.02 Å². The van der Waals surface area contributed by atoms with E-state index < -0.39 is 0 Å². The Balaban J connectivity index is 2.51. The van der Waals surface area contributed by atoms with E-state index in [2.05, 4.69) is 25.2 Å². The summed E-state index contributed by atoms with van der Waals surface area (Å²) in [4.78, 5) is 0. The lowest BCUT2D eigenvalue weighted by Gasteiger charge is -2.16. The summed E-state index contributed by atoms with van der Waals surface area (Å²) in [6, 6.07) is 6.63. The Labute approximate surface area is 116 Å². The number of hydrogen-bond donors (Lipinski definition) is 1. The van der Waals surface area contributed by atoms with Gasteiger partial charge in [-0.2, -0.15) is 0 Å². The zero-order chi connectivity index (χ0) is 13.4. The predicted octanol–water partition coefficient (Wildman–Crippen LogP) is 4.06. The maximum absolute atomic E-state index is 6.02. The third kappa shape index (κ3) is 4.87. The van der Waals surface area contributed by atoms with Crippen molar-refractivity contribution >= 4 is 11.6 Å². The summed E-state index contributed by atoms with van der Waals surface area (Å²) < 4.78 is 5.24. The van der Waals surface area contributed by atoms with Gasteiger partial charge in [-0.05, 0) is 49.9 Å². The van der Waals surface area contributed by atoms with Gasteiger partial charge in [-0.3, -0.25) is 0 Å². The average molecular weight is 270 g/mol. The van der Waals surface area contributed by atoms with Gasteiger partial charge in [0.1, 0.15) is 5.75 Å². The number of benzene rings is 1. The van der Waals surface area contributed by atoms with Crippen molar-refractivity contribution < 1.29 is 4.74 Å². The molecule has 1 atom stereocenters. The molecule has 0 bridgehead atoms. The van der Waals surface area contributed by atoms with Crippen molar-refractivity contribution in [2.75, 3.05) is 13.7 Å². The molecule has 0 amide bonds. The lowest BCUT2D eigenvalue weighted by molar-refractivity contribution is 0.414. The standard InChI is InChI=1S/C15H24ClNO/c1-4-10-17-13(5-2)8-6-12-7-9-14(16)15(11-12)18-3/h7,9,11,13,17H,4-6,8,10H2,1-3H3. The highest BCUT2D eigenvalue weighted by Crippen LogP contribution is 2.25. The second-order valence-electron chi connectivity index (χ2n) is 4.57. The summed E-state index contributed by atoms with van der Waals surface area (Å²) in [6.07, 6.45) is 4.57. The minimum atomic E-state index is 0.603. The van der Waals surface area contributed by atoms with Gasteiger partial charge in [0.25, 0.3) is 0 Å². The summed E-state index contributed by atoms with van der Waals surface area (Å²) in [5, 5.41) is 4.25. The van der Waals surface area contributed by atoms with Gasteiger partial charge in [-0.15, -0.1) is 0 Å². The van der Waals surface area contributed by atoms with Crippen LogP contribution in [0, 0.1) is 0 Å². The second kappa shape index (κ2) is 8.39. The Kier molecular flexibility index (Phi) is 7.14. The molecule has 0 aliphatic heterocycles. The van der Waals surface area contributed by atoms with Gasteiger partial charge in [0.2, 0.25) is 0 Å². The molecule has 0 aromatic heterocycles. The third-order valence-electron chi connectivity index (χ3n) is 3.17. The molecule has 0 saturated heterocycles. The molecule has 0 heterocycles. The summed E-state index contributed by atoms with van der Waals surface area (Å²) in [7, 11) is 1.66. The highest BCUT2D eigenvalue weighted by atomic mass is 35.5. The molecule has 1 N–H and O–H groups in total. The van der Waals surface area contributed by atoms with E-state index in [4.69, 9.17) is 16.3 Å². The molecule has 0 aliphatic carbocycles. The Bertz CT molecular complexity index is 354. The molecule has 1 aromatic rings. The second-order valence-corrected chi connectivity index (χ2v) is 4.97. The van der Waals surface area contributed by atoms with E-state index in [1.165, 1.54) is 18.4 Å². The van der Waals surface area contributed by atoms with Crippen molar-refractivity contribution in [3.05, 3.63) is 28.8 Å². The summed E-state index contributed by atoms with van der Waals surface area (Å²) in [6.45, 7) is 5.53. The van der Waals surface area contributed by atoms with Gasteiger partial charge in [0.15, 0.2) is 0 Å². The molecule has 102 valence electrons. The highest BCUT2D eigenvalue weighted by Gasteiger charge is 2.07. The van der Waals surface area contributed by atoms with E-state index in [1.807, 2.05) is 12.1 Å². The summed E-state index contributed by atoms with van der Waals surface area (Å²) in [5.41, 5.74) is 1.29. The summed E-state index contributed by atoms with van der Waals surface area (Å²) >= 11 is 6.02. The molecule has 0 fully saturated rings. The van der Waals surface area contributed by atoms with Gasteiger partial charge >= 0.3 is 0 Å². The van der Waals surface area contributed by atoms with Crippen LogP contribution >= 0.6 is 11.6 Å². The summed E-state index contributed by atoms with van der Waals surface area (Å²) in [5.74, 6) is 0.767. The first kappa shape index (κ1) is 15.3. The normalized spacial score (nSPS) is 12.4. The van der Waals surface area contributed by atoms with Crippen LogP contribution in [0.3, 0.4) is 0 Å². The minimum Gasteiger partial charge on any atom is -0.495 e. The number of aryl methyl sites for hydroxylation is 1. The predicted molar refractivity (Wildman–Crippen MR) is 78.7 cm³/mol. The lowest BCUT2D eigenvalue weighted by Crippen LogP contribution is -2.29. The first-order valence-electron chi connectivity index (χ1n) is 6.77. The number of halogens is 1. The van der Waals surface area contributed by atoms with Crippen LogP contribution in [0.15, 0.2) is 18.2 Å². The van der Waals surface area contributed by atoms with Gasteiger partial charge < -0.3 is 10.1 Å². The molecule has 1 unspecified atom stereocenters. The molecular weight excluding hydrogens is 246 g/mol. The van der Waals surface area contributed by atoms with Crippen LogP contribution in [0.25, 0.3) is 0 Å². The number of nitrogens with one attached hydrogen (secondary N) is 1. The highest BCUT2D eigenvalue weighted by molar-refractivity contribution is 6.32. The molecule has 0 radical (unpaired) electrons. The molecule has 0 aliphatic rings. The SMILES string of the molecule is CCCNC(CC)CCc1ccc(Cl)c(OC)c1. The topological polar surface area (TPSA) is 21.3 Å². The van der Waals surface area contributed by atoms with Crippen LogP contribution in [-0.4, -0.2) is 19.7 Å². The van der Waals surface area contributed by atoms with Crippen molar-refractivity contribution in [2.24, 2.45) is 0 Å². The quantitative estimate of drug-likeness (QED) is 0.768. The number of hydrogen-bond acceptors (Lipinski definition) is 2. The van der Waals surface area contributed by atoms with E-state index in [9.17, 15) is 0 Å². The number of ether oxygens (including phenoxy) is 1. The third-order valence-corrected chi connectivity index (χ3v) is 3.49. The van der Waals surface area contributed by atoms with Gasteiger partial charge in [-0.1, -0.05) is 31.5 Å². The molecule has 0 saturated carbocycles. The monoisotopic (exact) mass is 269 g/mol. The fourth-order valence-electron chi connectivity index (χ4n) is 2.00. The van der Waals surface area contributed by atoms with E-state index in [0.717, 1.165) is 25.1 Å². The molecular formula is C15H24ClNO. The fourth-order valence-corrected chi connectivity index (χ4v) is 2.19. The fraction of sp³-hybridized carbons (Fsp3) is 0.600. The first-order chi connectivity index (χ1) is 8.71. The van der Waals surface area contributed by atoms with Crippen LogP contribution in [0.5, 0.6) is 5.75 Å². The zero-order valence-electron chi connectivity index (χ0n) is 11.6. The zero-order valence-corrected chi connectivity index (χ0v) is 12.4. The van der Waals surface area contributed by atoms with E-state index in [-0.39, 0.29) is 0 Å². The van der Waals surface area contributed by atoms with Gasteiger partial charge in [0.05, 0.1) is 12.1 Å². The minimum absolute atomic E-state index is 0.603. The van der Waals surface area contributed by atoms with E-state index in [0.29, 0.717) is 11.1 Å². The van der Waals surface area contributed by atoms with E-state index >= 15 is 0 Å². The Hall–Kier alpha value is -0.730. The molecule has 3 heteroatoms. The smallest absolute Gasteiger partial charge is 0.137 e. The molecule has 18 heavy (non-hydrogen) atoms. The maximum Gasteiger partial charge on any atom is 0.137 e. The molecule has 1 rings (SSSR count). The number of methoxy groups -OCH3 is 1. The Morgan fingerprint density at radius 2 is 2.11 bits per heavy atom. The van der Waals surface area contributed by atoms with Crippen molar-refractivity contribution in [1.29, 1.82) is 0 Å². The number of rotatable bonds is 8. The van der Waals surface area contributed by atoms with Crippen LogP contribution in [0.4, 0.5) is 0 Å². The van der Waals surface area contributed by atoms with Crippen LogP contribution < -0.4 is 10.1 Å². The Morgan fingerprint density at radius 1 is 1.33 bits per heavy atom. The first-order valence-corrected chi connectivity index (χ1v) is 7.14. The van der Waals surface area contributed by atoms with Gasteiger partial charge in [-0.25, -0.2) is 0 Å². The van der Waals surface area contributed by atoms with Crippen LogP contribution in [0.1, 0.15) is 38.7 Å². The maximum atomic E-state index is 6.02. The lowest BCUT2D eigenvalue weighted by atomic mass is 10.0. The molecule has 0 spiro atoms. The average Bonchev–Trinajstić information content (AvgIpc) is 2.40. The van der Waals surface area contributed by atoms with Crippen molar-refractivity contribution in [3.63, 3.8) is 0 Å². The molecule has 2 nitrogen and oxygen atoms in total. The van der Waals surface area contributed by atoms with Crippen molar-refractivity contribution in [2.45, 2.75) is 45.6 Å². The van der Waals surface area contributed by atoms with E-state index in [1.54, 1.807) is 7.11 Å². The largest absolute Gasteiger partial charge is 0.495 e. The van der Waals surface area contributed by atoms with Crippen molar-refractivity contribution in [1.82, 2.24) is 5.32 Å². The van der Waals surface area contributed by atoms with Crippen molar-refractivity contribution in [3.8, 4) is 5.75 Å². The molecule has 1 aromatic carbocycles. The van der Waals surface area contributed by atoms with Crippen LogP contribution in [-0.2, 0) is 6.42 Å². The van der Waals surface area contributed by atoms with Gasteiger partial charge in [0, 0.05) is 6.04 Å². The Morgan fingerprint density at radius 3 is 2.72 bits per heavy atom.